The number of carbonyl (C=O) groups is 2. The number of ether oxygens (including phenoxy) is 2. The zero-order chi connectivity index (χ0) is 44.2. The Labute approximate surface area is 361 Å². The molecule has 0 fully saturated rings. The summed E-state index contributed by atoms with van der Waals surface area (Å²) in [6.45, 7) is 1.88. The van der Waals surface area contributed by atoms with Gasteiger partial charge in [0, 0.05) is 12.8 Å². The molecule has 4 N–H and O–H groups in total. The van der Waals surface area contributed by atoms with E-state index < -0.39 is 58.4 Å². The quantitative estimate of drug-likeness (QED) is 0.0201. The third-order valence-electron chi connectivity index (χ3n) is 8.58. The topological polar surface area (TPSA) is 169 Å². The van der Waals surface area contributed by atoms with Crippen LogP contribution in [0.3, 0.4) is 0 Å². The van der Waals surface area contributed by atoms with Gasteiger partial charge < -0.3 is 29.7 Å². The maximum atomic E-state index is 12.6. The average molecular weight is 861 g/mol. The molecule has 0 aromatic heterocycles. The van der Waals surface area contributed by atoms with Gasteiger partial charge in [-0.05, 0) is 96.3 Å². The summed E-state index contributed by atoms with van der Waals surface area (Å²) >= 11 is 0. The van der Waals surface area contributed by atoms with Crippen molar-refractivity contribution >= 4 is 19.8 Å². The van der Waals surface area contributed by atoms with Crippen molar-refractivity contribution in [1.29, 1.82) is 0 Å². The maximum Gasteiger partial charge on any atom is 0.472 e. The molecule has 11 nitrogen and oxygen atoms in total. The number of carbonyl (C=O) groups excluding carboxylic acids is 2. The molecule has 0 spiro atoms. The Hall–Kier alpha value is -3.41. The minimum atomic E-state index is -4.67. The Bertz CT molecular complexity index is 1380. The molecule has 0 heterocycles. The predicted molar refractivity (Wildman–Crippen MR) is 243 cm³/mol. The van der Waals surface area contributed by atoms with Crippen LogP contribution in [0.1, 0.15) is 136 Å². The second-order valence-corrected chi connectivity index (χ2v) is 15.6. The zero-order valence-corrected chi connectivity index (χ0v) is 37.4. The second kappa shape index (κ2) is 42.3. The average Bonchev–Trinajstić information content (AvgIpc) is 3.24. The summed E-state index contributed by atoms with van der Waals surface area (Å²) in [4.78, 5) is 34.9. The Morgan fingerprint density at radius 3 is 1.47 bits per heavy atom. The summed E-state index contributed by atoms with van der Waals surface area (Å²) in [7, 11) is -4.67. The maximum absolute atomic E-state index is 12.6. The molecule has 0 aromatic rings. The Morgan fingerprint density at radius 2 is 0.983 bits per heavy atom. The van der Waals surface area contributed by atoms with E-state index in [0.717, 1.165) is 70.6 Å². The molecular formula is C48H77O11P. The van der Waals surface area contributed by atoms with E-state index in [-0.39, 0.29) is 18.9 Å². The standard InChI is InChI=1S/C48H77O11P/c1-3-5-6-7-8-9-10-11-12-13-14-15-16-20-23-26-29-32-35-38-47(52)56-42-46(43-58-60(54,55)57-41-45(51)40-49)59-48(53)39-36-33-30-27-24-21-18-17-19-22-25-28-31-34-37-44(50)4-2/h8-9,11-12,14-15,18-23,27-32,44-46,49-51H,3-7,10,13,16-17,24-26,33-43H2,1-2H3,(H,54,55)/b9-8-,12-11-,15-14-,21-18-,22-19-,23-20-,30-27-,31-28-,32-29-/t44-,45+,46-/m1/s1. The largest absolute Gasteiger partial charge is 0.472 e. The Morgan fingerprint density at radius 1 is 0.533 bits per heavy atom. The normalized spacial score (nSPS) is 15.4. The first-order chi connectivity index (χ1) is 29.1. The van der Waals surface area contributed by atoms with E-state index in [1.807, 2.05) is 31.2 Å². The van der Waals surface area contributed by atoms with E-state index in [9.17, 15) is 29.3 Å². The first-order valence-corrected chi connectivity index (χ1v) is 23.4. The number of hydrogen-bond donors (Lipinski definition) is 4. The van der Waals surface area contributed by atoms with Crippen LogP contribution in [0.2, 0.25) is 0 Å². The van der Waals surface area contributed by atoms with Gasteiger partial charge in [-0.2, -0.15) is 0 Å². The van der Waals surface area contributed by atoms with Gasteiger partial charge in [0.25, 0.3) is 0 Å². The van der Waals surface area contributed by atoms with Gasteiger partial charge in [0.05, 0.1) is 25.9 Å². The van der Waals surface area contributed by atoms with Crippen LogP contribution in [0.5, 0.6) is 0 Å². The van der Waals surface area contributed by atoms with E-state index in [2.05, 4.69) is 96.5 Å². The molecule has 0 rings (SSSR count). The molecular weight excluding hydrogens is 783 g/mol. The molecule has 340 valence electrons. The summed E-state index contributed by atoms with van der Waals surface area (Å²) in [6.07, 6.45) is 50.2. The van der Waals surface area contributed by atoms with Crippen LogP contribution in [-0.4, -0.2) is 76.9 Å². The highest BCUT2D eigenvalue weighted by Gasteiger charge is 2.27. The number of phosphoric ester groups is 1. The number of phosphoric acid groups is 1. The number of aliphatic hydroxyl groups is 3. The fourth-order valence-corrected chi connectivity index (χ4v) is 5.80. The van der Waals surface area contributed by atoms with E-state index in [1.165, 1.54) is 19.3 Å². The summed E-state index contributed by atoms with van der Waals surface area (Å²) in [6, 6.07) is 0. The van der Waals surface area contributed by atoms with Gasteiger partial charge in [-0.25, -0.2) is 4.57 Å². The first kappa shape index (κ1) is 56.6. The molecule has 0 aliphatic heterocycles. The minimum absolute atomic E-state index is 0.0727. The molecule has 0 aliphatic rings. The summed E-state index contributed by atoms with van der Waals surface area (Å²) in [5.74, 6) is -1.12. The molecule has 4 atom stereocenters. The molecule has 0 aromatic carbocycles. The van der Waals surface area contributed by atoms with Crippen LogP contribution < -0.4 is 0 Å². The van der Waals surface area contributed by atoms with Crippen LogP contribution in [0.4, 0.5) is 0 Å². The lowest BCUT2D eigenvalue weighted by molar-refractivity contribution is -0.161. The minimum Gasteiger partial charge on any atom is -0.462 e. The second-order valence-electron chi connectivity index (χ2n) is 14.2. The van der Waals surface area contributed by atoms with Crippen molar-refractivity contribution in [3.63, 3.8) is 0 Å². The van der Waals surface area contributed by atoms with Crippen molar-refractivity contribution in [2.24, 2.45) is 0 Å². The third kappa shape index (κ3) is 41.3. The smallest absolute Gasteiger partial charge is 0.462 e. The first-order valence-electron chi connectivity index (χ1n) is 21.9. The zero-order valence-electron chi connectivity index (χ0n) is 36.5. The fraction of sp³-hybridized carbons (Fsp3) is 0.583. The number of rotatable bonds is 39. The van der Waals surface area contributed by atoms with Crippen molar-refractivity contribution in [2.45, 2.75) is 154 Å². The number of aliphatic hydroxyl groups excluding tert-OH is 3. The molecule has 0 amide bonds. The molecule has 0 saturated carbocycles. The highest BCUT2D eigenvalue weighted by atomic mass is 31.2. The van der Waals surface area contributed by atoms with Crippen LogP contribution in [-0.2, 0) is 32.7 Å². The number of allylic oxidation sites excluding steroid dienone is 18. The SMILES string of the molecule is CCCCC/C=C\C/C=C\C/C=C\C/C=C\C/C=C\CCC(=O)OC[C@H](COP(=O)(O)OC[C@@H](O)CO)OC(=O)CCC/C=C\C/C=C\C/C=C\C/C=C\CC[C@H](O)CC. The molecule has 12 heteroatoms. The molecule has 0 bridgehead atoms. The highest BCUT2D eigenvalue weighted by Crippen LogP contribution is 2.43. The summed E-state index contributed by atoms with van der Waals surface area (Å²) < 4.78 is 32.5. The van der Waals surface area contributed by atoms with E-state index in [4.69, 9.17) is 19.1 Å². The van der Waals surface area contributed by atoms with Crippen LogP contribution in [0.25, 0.3) is 0 Å². The number of esters is 2. The van der Waals surface area contributed by atoms with Gasteiger partial charge in [-0.3, -0.25) is 18.6 Å². The van der Waals surface area contributed by atoms with Crippen LogP contribution in [0.15, 0.2) is 109 Å². The van der Waals surface area contributed by atoms with E-state index in [1.54, 1.807) is 0 Å². The van der Waals surface area contributed by atoms with Crippen molar-refractivity contribution in [3.05, 3.63) is 109 Å². The summed E-state index contributed by atoms with van der Waals surface area (Å²) in [5.41, 5.74) is 0. The van der Waals surface area contributed by atoms with Crippen LogP contribution in [0, 0.1) is 0 Å². The molecule has 1 unspecified atom stereocenters. The van der Waals surface area contributed by atoms with E-state index >= 15 is 0 Å². The molecule has 0 aliphatic carbocycles. The van der Waals surface area contributed by atoms with Crippen molar-refractivity contribution in [1.82, 2.24) is 0 Å². The van der Waals surface area contributed by atoms with Gasteiger partial charge in [-0.15, -0.1) is 0 Å². The monoisotopic (exact) mass is 861 g/mol. The van der Waals surface area contributed by atoms with Crippen molar-refractivity contribution in [3.8, 4) is 0 Å². The van der Waals surface area contributed by atoms with Gasteiger partial charge in [0.2, 0.25) is 0 Å². The van der Waals surface area contributed by atoms with Gasteiger partial charge in [-0.1, -0.05) is 136 Å². The number of unbranched alkanes of at least 4 members (excludes halogenated alkanes) is 4. The number of hydrogen-bond acceptors (Lipinski definition) is 10. The third-order valence-corrected chi connectivity index (χ3v) is 9.53. The van der Waals surface area contributed by atoms with Gasteiger partial charge in [0.15, 0.2) is 6.10 Å². The lowest BCUT2D eigenvalue weighted by Gasteiger charge is -2.20. The molecule has 0 saturated heterocycles. The molecule has 0 radical (unpaired) electrons. The van der Waals surface area contributed by atoms with E-state index in [0.29, 0.717) is 19.3 Å². The highest BCUT2D eigenvalue weighted by molar-refractivity contribution is 7.47. The van der Waals surface area contributed by atoms with Gasteiger partial charge in [0.1, 0.15) is 12.7 Å². The lowest BCUT2D eigenvalue weighted by Crippen LogP contribution is -2.29. The summed E-state index contributed by atoms with van der Waals surface area (Å²) in [5, 5.41) is 27.9. The Kier molecular flexibility index (Phi) is 39.9. The Balaban J connectivity index is 4.54. The van der Waals surface area contributed by atoms with Gasteiger partial charge >= 0.3 is 19.8 Å². The van der Waals surface area contributed by atoms with Crippen LogP contribution >= 0.6 is 7.82 Å². The fourth-order valence-electron chi connectivity index (χ4n) is 5.01. The predicted octanol–water partition coefficient (Wildman–Crippen LogP) is 10.7. The molecule has 60 heavy (non-hydrogen) atoms. The lowest BCUT2D eigenvalue weighted by atomic mass is 10.1. The van der Waals surface area contributed by atoms with Crippen molar-refractivity contribution < 1.29 is 52.9 Å². The van der Waals surface area contributed by atoms with Crippen molar-refractivity contribution in [2.75, 3.05) is 26.4 Å².